The lowest BCUT2D eigenvalue weighted by Gasteiger charge is -2.06. The second kappa shape index (κ2) is 3.98. The van der Waals surface area contributed by atoms with Gasteiger partial charge in [0.15, 0.2) is 0 Å². The van der Waals surface area contributed by atoms with Gasteiger partial charge in [-0.15, -0.1) is 0 Å². The van der Waals surface area contributed by atoms with E-state index in [4.69, 9.17) is 16.7 Å². The summed E-state index contributed by atoms with van der Waals surface area (Å²) in [6, 6.07) is 1.16. The fraction of sp³-hybridized carbons (Fsp3) is 0.375. The maximum absolute atomic E-state index is 12.2. The summed E-state index contributed by atoms with van der Waals surface area (Å²) >= 11 is 5.59. The summed E-state index contributed by atoms with van der Waals surface area (Å²) < 4.78 is 24.4. The van der Waals surface area contributed by atoms with Crippen molar-refractivity contribution < 1.29 is 13.9 Å². The third-order valence-electron chi connectivity index (χ3n) is 1.73. The number of pyridine rings is 1. The van der Waals surface area contributed by atoms with Gasteiger partial charge in [-0.25, -0.2) is 13.8 Å². The van der Waals surface area contributed by atoms with Gasteiger partial charge < -0.3 is 5.11 Å². The number of rotatable bonds is 2. The summed E-state index contributed by atoms with van der Waals surface area (Å²) in [5, 5.41) is 8.83. The maximum Gasteiger partial charge on any atom is 0.280 e. The number of alkyl halides is 2. The first-order valence-corrected chi connectivity index (χ1v) is 3.99. The van der Waals surface area contributed by atoms with Crippen molar-refractivity contribution in [2.75, 3.05) is 0 Å². The monoisotopic (exact) mass is 207 g/mol. The van der Waals surface area contributed by atoms with Crippen molar-refractivity contribution in [3.8, 4) is 0 Å². The number of hydrogen-bond acceptors (Lipinski definition) is 2. The lowest BCUT2D eigenvalue weighted by Crippen LogP contribution is -1.98. The zero-order valence-electron chi connectivity index (χ0n) is 6.89. The molecule has 0 radical (unpaired) electrons. The predicted octanol–water partition coefficient (Wildman–Crippen LogP) is 2.47. The van der Waals surface area contributed by atoms with Crippen molar-refractivity contribution in [2.24, 2.45) is 0 Å². The van der Waals surface area contributed by atoms with E-state index in [1.807, 2.05) is 0 Å². The van der Waals surface area contributed by atoms with Gasteiger partial charge in [0.25, 0.3) is 6.43 Å². The minimum atomic E-state index is -2.66. The van der Waals surface area contributed by atoms with Gasteiger partial charge in [-0.1, -0.05) is 11.6 Å². The van der Waals surface area contributed by atoms with E-state index in [0.29, 0.717) is 11.1 Å². The first kappa shape index (κ1) is 10.3. The van der Waals surface area contributed by atoms with Crippen LogP contribution in [-0.4, -0.2) is 10.1 Å². The molecule has 0 atom stereocenters. The molecule has 0 aliphatic carbocycles. The van der Waals surface area contributed by atoms with E-state index >= 15 is 0 Å². The summed E-state index contributed by atoms with van der Waals surface area (Å²) in [7, 11) is 0. The molecular formula is C8H8ClF2NO. The largest absolute Gasteiger partial charge is 0.392 e. The topological polar surface area (TPSA) is 33.1 Å². The third-order valence-corrected chi connectivity index (χ3v) is 2.10. The molecule has 0 aromatic carbocycles. The molecule has 0 aliphatic heterocycles. The van der Waals surface area contributed by atoms with Crippen LogP contribution in [0.15, 0.2) is 6.07 Å². The molecule has 1 aromatic heterocycles. The van der Waals surface area contributed by atoms with Crippen molar-refractivity contribution in [1.82, 2.24) is 4.98 Å². The Morgan fingerprint density at radius 2 is 2.23 bits per heavy atom. The van der Waals surface area contributed by atoms with Crippen LogP contribution in [0.4, 0.5) is 8.78 Å². The van der Waals surface area contributed by atoms with Gasteiger partial charge in [0.05, 0.1) is 6.61 Å². The van der Waals surface area contributed by atoms with E-state index in [1.165, 1.54) is 0 Å². The molecule has 72 valence electrons. The Hall–Kier alpha value is -0.740. The van der Waals surface area contributed by atoms with Gasteiger partial charge in [-0.2, -0.15) is 0 Å². The quantitative estimate of drug-likeness (QED) is 0.756. The summed E-state index contributed by atoms with van der Waals surface area (Å²) in [6.45, 7) is 1.31. The minimum absolute atomic E-state index is 0.0156. The Balaban J connectivity index is 3.22. The Kier molecular flexibility index (Phi) is 3.17. The third kappa shape index (κ3) is 2.14. The van der Waals surface area contributed by atoms with Crippen LogP contribution in [0.1, 0.15) is 23.2 Å². The van der Waals surface area contributed by atoms with E-state index in [0.717, 1.165) is 6.07 Å². The number of aliphatic hydroxyl groups excluding tert-OH is 1. The van der Waals surface area contributed by atoms with Crippen LogP contribution in [0, 0.1) is 6.92 Å². The molecule has 0 bridgehead atoms. The SMILES string of the molecule is Cc1c(CO)cc(C(F)F)nc1Cl. The second-order valence-corrected chi connectivity index (χ2v) is 2.94. The highest BCUT2D eigenvalue weighted by atomic mass is 35.5. The molecule has 5 heteroatoms. The van der Waals surface area contributed by atoms with Crippen LogP contribution in [0.3, 0.4) is 0 Å². The van der Waals surface area contributed by atoms with Gasteiger partial charge in [-0.3, -0.25) is 0 Å². The average Bonchev–Trinajstić information content (AvgIpc) is 2.09. The van der Waals surface area contributed by atoms with Crippen molar-refractivity contribution in [3.63, 3.8) is 0 Å². The highest BCUT2D eigenvalue weighted by molar-refractivity contribution is 6.30. The molecule has 0 saturated carbocycles. The number of hydrogen-bond donors (Lipinski definition) is 1. The molecular weight excluding hydrogens is 200 g/mol. The summed E-state index contributed by atoms with van der Waals surface area (Å²) in [4.78, 5) is 3.49. The first-order valence-electron chi connectivity index (χ1n) is 3.61. The van der Waals surface area contributed by atoms with E-state index < -0.39 is 12.1 Å². The van der Waals surface area contributed by atoms with Crippen LogP contribution in [0.2, 0.25) is 5.15 Å². The summed E-state index contributed by atoms with van der Waals surface area (Å²) in [5.74, 6) is 0. The summed E-state index contributed by atoms with van der Waals surface area (Å²) in [6.07, 6.45) is -2.66. The second-order valence-electron chi connectivity index (χ2n) is 2.58. The van der Waals surface area contributed by atoms with Crippen LogP contribution in [0.25, 0.3) is 0 Å². The molecule has 1 heterocycles. The molecule has 1 aromatic rings. The summed E-state index contributed by atoms with van der Waals surface area (Å²) in [5.41, 5.74) is 0.517. The fourth-order valence-corrected chi connectivity index (χ4v) is 1.14. The highest BCUT2D eigenvalue weighted by Gasteiger charge is 2.13. The zero-order valence-corrected chi connectivity index (χ0v) is 7.65. The maximum atomic E-state index is 12.2. The van der Waals surface area contributed by atoms with Gasteiger partial charge in [0, 0.05) is 0 Å². The fourth-order valence-electron chi connectivity index (χ4n) is 0.925. The predicted molar refractivity (Wildman–Crippen MR) is 44.9 cm³/mol. The van der Waals surface area contributed by atoms with Crippen molar-refractivity contribution in [1.29, 1.82) is 0 Å². The first-order chi connectivity index (χ1) is 6.06. The smallest absolute Gasteiger partial charge is 0.280 e. The van der Waals surface area contributed by atoms with E-state index in [-0.39, 0.29) is 11.8 Å². The standard InChI is InChI=1S/C8H8ClF2NO/c1-4-5(3-13)2-6(8(10)11)12-7(4)9/h2,8,13H,3H2,1H3. The van der Waals surface area contributed by atoms with E-state index in [9.17, 15) is 8.78 Å². The van der Waals surface area contributed by atoms with Gasteiger partial charge in [-0.05, 0) is 24.1 Å². The molecule has 0 unspecified atom stereocenters. The molecule has 1 N–H and O–H groups in total. The lowest BCUT2D eigenvalue weighted by atomic mass is 10.1. The lowest BCUT2D eigenvalue weighted by molar-refractivity contribution is 0.145. The van der Waals surface area contributed by atoms with Gasteiger partial charge >= 0.3 is 0 Å². The van der Waals surface area contributed by atoms with Crippen LogP contribution in [-0.2, 0) is 6.61 Å². The molecule has 0 amide bonds. The molecule has 0 fully saturated rings. The molecule has 2 nitrogen and oxygen atoms in total. The normalized spacial score (nSPS) is 10.9. The molecule has 0 spiro atoms. The van der Waals surface area contributed by atoms with Gasteiger partial charge in [0.1, 0.15) is 10.8 Å². The molecule has 1 rings (SSSR count). The number of aliphatic hydroxyl groups is 1. The van der Waals surface area contributed by atoms with E-state index in [2.05, 4.69) is 4.98 Å². The Morgan fingerprint density at radius 3 is 2.69 bits per heavy atom. The highest BCUT2D eigenvalue weighted by Crippen LogP contribution is 2.24. The molecule has 13 heavy (non-hydrogen) atoms. The van der Waals surface area contributed by atoms with Crippen LogP contribution >= 0.6 is 11.6 Å². The van der Waals surface area contributed by atoms with Crippen molar-refractivity contribution in [3.05, 3.63) is 28.0 Å². The Bertz CT molecular complexity index is 317. The molecule has 0 saturated heterocycles. The Morgan fingerprint density at radius 1 is 1.62 bits per heavy atom. The molecule has 0 aliphatic rings. The minimum Gasteiger partial charge on any atom is -0.392 e. The van der Waals surface area contributed by atoms with Crippen molar-refractivity contribution in [2.45, 2.75) is 20.0 Å². The van der Waals surface area contributed by atoms with Crippen LogP contribution < -0.4 is 0 Å². The number of aromatic nitrogens is 1. The zero-order chi connectivity index (χ0) is 10.0. The van der Waals surface area contributed by atoms with E-state index in [1.54, 1.807) is 6.92 Å². The van der Waals surface area contributed by atoms with Crippen LogP contribution in [0.5, 0.6) is 0 Å². The van der Waals surface area contributed by atoms with Crippen molar-refractivity contribution >= 4 is 11.6 Å². The Labute approximate surface area is 79.2 Å². The number of halogens is 3. The number of nitrogens with zero attached hydrogens (tertiary/aromatic N) is 1. The average molecular weight is 208 g/mol. The van der Waals surface area contributed by atoms with Gasteiger partial charge in [0.2, 0.25) is 0 Å².